The zero-order valence-corrected chi connectivity index (χ0v) is 21.7. The van der Waals surface area contributed by atoms with Gasteiger partial charge in [0.15, 0.2) is 23.2 Å². The second-order valence-corrected chi connectivity index (χ2v) is 8.91. The second-order valence-electron chi connectivity index (χ2n) is 7.67. The van der Waals surface area contributed by atoms with Crippen LogP contribution in [0.3, 0.4) is 0 Å². The van der Waals surface area contributed by atoms with E-state index in [4.69, 9.17) is 21.7 Å². The van der Waals surface area contributed by atoms with Gasteiger partial charge in [-0.15, -0.1) is 0 Å². The number of amides is 3. The molecule has 0 radical (unpaired) electrons. The van der Waals surface area contributed by atoms with Gasteiger partial charge in [-0.2, -0.15) is 0 Å². The molecule has 37 heavy (non-hydrogen) atoms. The lowest BCUT2D eigenvalue weighted by molar-refractivity contribution is -0.122. The van der Waals surface area contributed by atoms with Crippen LogP contribution in [0, 0.1) is 5.82 Å². The molecule has 0 atom stereocenters. The highest BCUT2D eigenvalue weighted by Crippen LogP contribution is 2.37. The summed E-state index contributed by atoms with van der Waals surface area (Å²) >= 11 is 8.60. The molecule has 1 saturated heterocycles. The number of benzene rings is 3. The Morgan fingerprint density at radius 1 is 1.14 bits per heavy atom. The first-order chi connectivity index (χ1) is 17.8. The lowest BCUT2D eigenvalue weighted by Crippen LogP contribution is -2.54. The average molecular weight is 584 g/mol. The normalized spacial score (nSPS) is 14.4. The zero-order valence-electron chi connectivity index (χ0n) is 19.3. The largest absolute Gasteiger partial charge is 0.493 e. The van der Waals surface area contributed by atoms with Crippen LogP contribution in [0.25, 0.3) is 6.08 Å². The number of anilines is 2. The molecule has 188 valence electrons. The Bertz CT molecular complexity index is 1410. The third kappa shape index (κ3) is 6.01. The molecule has 1 aliphatic heterocycles. The van der Waals surface area contributed by atoms with Crippen LogP contribution < -0.4 is 25.0 Å². The van der Waals surface area contributed by atoms with Gasteiger partial charge in [-0.1, -0.05) is 18.2 Å². The van der Waals surface area contributed by atoms with E-state index in [9.17, 15) is 18.8 Å². The van der Waals surface area contributed by atoms with Crippen LogP contribution in [0.15, 0.2) is 76.8 Å². The van der Waals surface area contributed by atoms with Crippen LogP contribution in [0.4, 0.5) is 15.8 Å². The van der Waals surface area contributed by atoms with Crippen LogP contribution in [0.2, 0.25) is 0 Å². The van der Waals surface area contributed by atoms with E-state index < -0.39 is 23.5 Å². The van der Waals surface area contributed by atoms with Gasteiger partial charge in [0.2, 0.25) is 0 Å². The van der Waals surface area contributed by atoms with Gasteiger partial charge in [-0.3, -0.25) is 24.6 Å². The summed E-state index contributed by atoms with van der Waals surface area (Å²) in [6.07, 6.45) is 1.41. The van der Waals surface area contributed by atoms with Gasteiger partial charge >= 0.3 is 0 Å². The number of rotatable bonds is 7. The van der Waals surface area contributed by atoms with Gasteiger partial charge < -0.3 is 14.8 Å². The summed E-state index contributed by atoms with van der Waals surface area (Å²) in [6, 6.07) is 17.2. The fourth-order valence-electron chi connectivity index (χ4n) is 3.47. The summed E-state index contributed by atoms with van der Waals surface area (Å²) in [5.41, 5.74) is 1.28. The second kappa shape index (κ2) is 11.3. The Morgan fingerprint density at radius 3 is 2.51 bits per heavy atom. The molecule has 0 unspecified atom stereocenters. The highest BCUT2D eigenvalue weighted by atomic mass is 79.9. The number of methoxy groups -OCH3 is 1. The Kier molecular flexibility index (Phi) is 7.95. The monoisotopic (exact) mass is 583 g/mol. The highest BCUT2D eigenvalue weighted by Gasteiger charge is 2.34. The quantitative estimate of drug-likeness (QED) is 0.242. The molecular weight excluding hydrogens is 565 g/mol. The van der Waals surface area contributed by atoms with E-state index >= 15 is 0 Å². The first-order valence-electron chi connectivity index (χ1n) is 10.8. The van der Waals surface area contributed by atoms with Crippen molar-refractivity contribution in [3.8, 4) is 11.5 Å². The summed E-state index contributed by atoms with van der Waals surface area (Å²) < 4.78 is 24.5. The van der Waals surface area contributed by atoms with Crippen LogP contribution in [-0.4, -0.2) is 36.6 Å². The van der Waals surface area contributed by atoms with Gasteiger partial charge in [-0.05, 0) is 88.3 Å². The van der Waals surface area contributed by atoms with Crippen molar-refractivity contribution in [2.24, 2.45) is 0 Å². The molecule has 0 bridgehead atoms. The summed E-state index contributed by atoms with van der Waals surface area (Å²) in [5, 5.41) is 5.12. The third-order valence-corrected chi connectivity index (χ3v) is 6.03. The average Bonchev–Trinajstić information content (AvgIpc) is 2.87. The third-order valence-electron chi connectivity index (χ3n) is 5.15. The van der Waals surface area contributed by atoms with E-state index in [1.807, 2.05) is 0 Å². The number of nitrogens with one attached hydrogen (secondary N) is 2. The Balaban J connectivity index is 1.54. The van der Waals surface area contributed by atoms with Crippen molar-refractivity contribution >= 4 is 68.4 Å². The summed E-state index contributed by atoms with van der Waals surface area (Å²) in [7, 11) is 1.41. The van der Waals surface area contributed by atoms with Crippen molar-refractivity contribution in [1.29, 1.82) is 0 Å². The minimum Gasteiger partial charge on any atom is -0.493 e. The minimum absolute atomic E-state index is 0.0141. The molecule has 11 heteroatoms. The van der Waals surface area contributed by atoms with Gasteiger partial charge in [0, 0.05) is 5.69 Å². The maximum absolute atomic E-state index is 13.2. The topological polar surface area (TPSA) is 97.0 Å². The molecule has 4 rings (SSSR count). The lowest BCUT2D eigenvalue weighted by atomic mass is 10.1. The number of carbonyl (C=O) groups excluding carboxylic acids is 3. The van der Waals surface area contributed by atoms with E-state index in [0.29, 0.717) is 21.4 Å². The first-order valence-corrected chi connectivity index (χ1v) is 12.0. The molecule has 3 aromatic carbocycles. The van der Waals surface area contributed by atoms with Crippen molar-refractivity contribution in [1.82, 2.24) is 5.32 Å². The first kappa shape index (κ1) is 26.0. The van der Waals surface area contributed by atoms with E-state index in [-0.39, 0.29) is 28.8 Å². The number of hydrogen-bond donors (Lipinski definition) is 2. The van der Waals surface area contributed by atoms with Gasteiger partial charge in [0.1, 0.15) is 11.4 Å². The molecule has 3 aromatic rings. The molecular formula is C26H19BrFN3O5S. The SMILES string of the molecule is COc1cc(/C=C2/C(=O)NC(=S)N(c3ccccc3)C2=O)cc(Br)c1OCC(=O)Nc1ccc(F)cc1. The fourth-order valence-corrected chi connectivity index (χ4v) is 4.32. The van der Waals surface area contributed by atoms with Crippen LogP contribution >= 0.6 is 28.1 Å². The molecule has 0 aromatic heterocycles. The predicted octanol–water partition coefficient (Wildman–Crippen LogP) is 4.45. The van der Waals surface area contributed by atoms with Crippen LogP contribution in [0.1, 0.15) is 5.56 Å². The van der Waals surface area contributed by atoms with E-state index in [1.165, 1.54) is 42.4 Å². The van der Waals surface area contributed by atoms with Crippen molar-refractivity contribution in [3.05, 3.63) is 88.2 Å². The van der Waals surface area contributed by atoms with Crippen molar-refractivity contribution in [2.45, 2.75) is 0 Å². The van der Waals surface area contributed by atoms with Crippen LogP contribution in [-0.2, 0) is 14.4 Å². The summed E-state index contributed by atoms with van der Waals surface area (Å²) in [6.45, 7) is -0.350. The minimum atomic E-state index is -0.630. The predicted molar refractivity (Wildman–Crippen MR) is 144 cm³/mol. The molecule has 1 fully saturated rings. The van der Waals surface area contributed by atoms with Crippen molar-refractivity contribution in [2.75, 3.05) is 23.9 Å². The molecule has 2 N–H and O–H groups in total. The fraction of sp³-hybridized carbons (Fsp3) is 0.0769. The Hall–Kier alpha value is -4.09. The van der Waals surface area contributed by atoms with Crippen molar-refractivity contribution in [3.63, 3.8) is 0 Å². The van der Waals surface area contributed by atoms with Gasteiger partial charge in [0.25, 0.3) is 17.7 Å². The van der Waals surface area contributed by atoms with Crippen molar-refractivity contribution < 1.29 is 28.2 Å². The number of halogens is 2. The molecule has 1 heterocycles. The Morgan fingerprint density at radius 2 is 1.84 bits per heavy atom. The molecule has 0 aliphatic carbocycles. The standard InChI is InChI=1S/C26H19BrFN3O5S/c1-35-21-13-15(11-19-24(33)30-26(37)31(25(19)34)18-5-3-2-4-6-18)12-20(27)23(21)36-14-22(32)29-17-9-7-16(28)8-10-17/h2-13H,14H2,1H3,(H,29,32)(H,30,33,37)/b19-11-. The number of thiocarbonyl (C=S) groups is 1. The number of para-hydroxylation sites is 1. The smallest absolute Gasteiger partial charge is 0.270 e. The van der Waals surface area contributed by atoms with E-state index in [2.05, 4.69) is 26.6 Å². The lowest BCUT2D eigenvalue weighted by Gasteiger charge is -2.28. The highest BCUT2D eigenvalue weighted by molar-refractivity contribution is 9.10. The van der Waals surface area contributed by atoms with Gasteiger partial charge in [-0.25, -0.2) is 4.39 Å². The van der Waals surface area contributed by atoms with E-state index in [0.717, 1.165) is 0 Å². The maximum Gasteiger partial charge on any atom is 0.270 e. The molecule has 0 spiro atoms. The number of nitrogens with zero attached hydrogens (tertiary/aromatic N) is 1. The number of hydrogen-bond acceptors (Lipinski definition) is 6. The van der Waals surface area contributed by atoms with Crippen LogP contribution in [0.5, 0.6) is 11.5 Å². The summed E-state index contributed by atoms with van der Waals surface area (Å²) in [4.78, 5) is 39.3. The molecule has 8 nitrogen and oxygen atoms in total. The zero-order chi connectivity index (χ0) is 26.5. The summed E-state index contributed by atoms with van der Waals surface area (Å²) in [5.74, 6) is -1.59. The van der Waals surface area contributed by atoms with E-state index in [1.54, 1.807) is 42.5 Å². The number of carbonyl (C=O) groups is 3. The maximum atomic E-state index is 13.2. The molecule has 0 saturated carbocycles. The number of ether oxygens (including phenoxy) is 2. The molecule has 3 amide bonds. The Labute approximate surface area is 225 Å². The van der Waals surface area contributed by atoms with Gasteiger partial charge in [0.05, 0.1) is 17.3 Å². The molecule has 1 aliphatic rings.